The van der Waals surface area contributed by atoms with Gasteiger partial charge in [0.05, 0.1) is 20.8 Å². The molecule has 1 aliphatic rings. The largest absolute Gasteiger partial charge is 0.511 e. The summed E-state index contributed by atoms with van der Waals surface area (Å²) in [5.74, 6) is -1.14. The Bertz CT molecular complexity index is 893. The topological polar surface area (TPSA) is 114 Å². The van der Waals surface area contributed by atoms with Crippen molar-refractivity contribution in [3.05, 3.63) is 35.1 Å². The Morgan fingerprint density at radius 1 is 1.19 bits per heavy atom. The van der Waals surface area contributed by atoms with Crippen molar-refractivity contribution in [2.75, 3.05) is 33.9 Å². The van der Waals surface area contributed by atoms with Gasteiger partial charge in [-0.3, -0.25) is 14.4 Å². The Labute approximate surface area is 189 Å². The standard InChI is InChI=1S/C22H32N2O7Si/c1-29-16-7-6-15(18(12-16)30-2)14-24-9-8-17(25)20(22(24)28)21(27)23-13-19(26)31-10-11-32(3,4)5/h6-7,12,25H,8-11,13-14H2,1-5H3,(H,23,27). The number of aliphatic hydroxyl groups is 1. The quantitative estimate of drug-likeness (QED) is 0.310. The van der Waals surface area contributed by atoms with Gasteiger partial charge in [0.25, 0.3) is 11.8 Å². The maximum atomic E-state index is 12.9. The van der Waals surface area contributed by atoms with E-state index in [1.54, 1.807) is 25.3 Å². The molecule has 1 aromatic carbocycles. The van der Waals surface area contributed by atoms with Crippen LogP contribution in [0.3, 0.4) is 0 Å². The summed E-state index contributed by atoms with van der Waals surface area (Å²) in [6, 6.07) is 6.06. The zero-order chi connectivity index (χ0) is 23.9. The second-order valence-corrected chi connectivity index (χ2v) is 14.3. The molecule has 0 aromatic heterocycles. The molecule has 9 nitrogen and oxygen atoms in total. The first-order valence-corrected chi connectivity index (χ1v) is 14.1. The number of ether oxygens (including phenoxy) is 3. The lowest BCUT2D eigenvalue weighted by atomic mass is 10.0. The number of hydrogen-bond donors (Lipinski definition) is 2. The summed E-state index contributed by atoms with van der Waals surface area (Å²) < 4.78 is 15.7. The van der Waals surface area contributed by atoms with Crippen molar-refractivity contribution in [3.8, 4) is 11.5 Å². The highest BCUT2D eigenvalue weighted by molar-refractivity contribution is 6.76. The summed E-state index contributed by atoms with van der Waals surface area (Å²) in [5.41, 5.74) is 0.368. The van der Waals surface area contributed by atoms with Crippen LogP contribution in [0.4, 0.5) is 0 Å². The molecule has 0 fully saturated rings. The van der Waals surface area contributed by atoms with Gasteiger partial charge in [-0.15, -0.1) is 0 Å². The second kappa shape index (κ2) is 11.0. The monoisotopic (exact) mass is 464 g/mol. The SMILES string of the molecule is COc1ccc(CN2CCC(O)=C(C(=O)NCC(=O)OCC[Si](C)(C)C)C2=O)c(OC)c1. The molecule has 10 heteroatoms. The van der Waals surface area contributed by atoms with Crippen LogP contribution in [-0.2, 0) is 25.7 Å². The average molecular weight is 465 g/mol. The van der Waals surface area contributed by atoms with Crippen LogP contribution < -0.4 is 14.8 Å². The molecule has 2 N–H and O–H groups in total. The molecule has 0 unspecified atom stereocenters. The fourth-order valence-electron chi connectivity index (χ4n) is 3.08. The summed E-state index contributed by atoms with van der Waals surface area (Å²) in [6.07, 6.45) is 0.133. The van der Waals surface area contributed by atoms with Crippen LogP contribution in [0.2, 0.25) is 25.7 Å². The van der Waals surface area contributed by atoms with Crippen molar-refractivity contribution in [1.29, 1.82) is 0 Å². The maximum absolute atomic E-state index is 12.9. The number of esters is 1. The molecule has 0 bridgehead atoms. The molecule has 0 saturated heterocycles. The van der Waals surface area contributed by atoms with Crippen molar-refractivity contribution in [1.82, 2.24) is 10.2 Å². The molecule has 1 aromatic rings. The predicted molar refractivity (Wildman–Crippen MR) is 121 cm³/mol. The maximum Gasteiger partial charge on any atom is 0.325 e. The number of rotatable bonds is 10. The normalized spacial score (nSPS) is 14.3. The molecule has 2 amide bonds. The highest BCUT2D eigenvalue weighted by atomic mass is 28.3. The molecular formula is C22H32N2O7Si. The predicted octanol–water partition coefficient (Wildman–Crippen LogP) is 2.25. The van der Waals surface area contributed by atoms with E-state index in [0.29, 0.717) is 18.1 Å². The smallest absolute Gasteiger partial charge is 0.325 e. The Kier molecular flexibility index (Phi) is 8.70. The molecule has 176 valence electrons. The van der Waals surface area contributed by atoms with E-state index < -0.39 is 25.9 Å². The van der Waals surface area contributed by atoms with Gasteiger partial charge in [0.2, 0.25) is 0 Å². The van der Waals surface area contributed by atoms with Gasteiger partial charge in [-0.2, -0.15) is 0 Å². The second-order valence-electron chi connectivity index (χ2n) is 8.69. The summed E-state index contributed by atoms with van der Waals surface area (Å²) in [6.45, 7) is 6.86. The molecule has 0 radical (unpaired) electrons. The van der Waals surface area contributed by atoms with Crippen LogP contribution in [0.1, 0.15) is 12.0 Å². The Hall–Kier alpha value is -3.01. The number of carbonyl (C=O) groups excluding carboxylic acids is 3. The Morgan fingerprint density at radius 3 is 2.53 bits per heavy atom. The third-order valence-corrected chi connectivity index (χ3v) is 6.70. The number of carbonyl (C=O) groups is 3. The number of benzene rings is 1. The summed E-state index contributed by atoms with van der Waals surface area (Å²) >= 11 is 0. The average Bonchev–Trinajstić information content (AvgIpc) is 2.73. The lowest BCUT2D eigenvalue weighted by Crippen LogP contribution is -2.43. The van der Waals surface area contributed by atoms with E-state index in [2.05, 4.69) is 25.0 Å². The minimum Gasteiger partial charge on any atom is -0.511 e. The van der Waals surface area contributed by atoms with Gasteiger partial charge in [-0.1, -0.05) is 19.6 Å². The third-order valence-electron chi connectivity index (χ3n) is 5.00. The Morgan fingerprint density at radius 2 is 1.91 bits per heavy atom. The number of aliphatic hydroxyl groups excluding tert-OH is 1. The van der Waals surface area contributed by atoms with Gasteiger partial charge in [0.15, 0.2) is 0 Å². The van der Waals surface area contributed by atoms with Gasteiger partial charge in [0, 0.05) is 39.2 Å². The van der Waals surface area contributed by atoms with Crippen LogP contribution in [0, 0.1) is 0 Å². The van der Waals surface area contributed by atoms with E-state index in [-0.39, 0.29) is 37.4 Å². The highest BCUT2D eigenvalue weighted by Crippen LogP contribution is 2.27. The fraction of sp³-hybridized carbons (Fsp3) is 0.500. The fourth-order valence-corrected chi connectivity index (χ4v) is 3.79. The van der Waals surface area contributed by atoms with E-state index in [1.807, 2.05) is 0 Å². The number of nitrogens with zero attached hydrogens (tertiary/aromatic N) is 1. The van der Waals surface area contributed by atoms with Crippen molar-refractivity contribution in [3.63, 3.8) is 0 Å². The van der Waals surface area contributed by atoms with E-state index in [0.717, 1.165) is 11.6 Å². The summed E-state index contributed by atoms with van der Waals surface area (Å²) in [5, 5.41) is 12.6. The Balaban J connectivity index is 2.00. The van der Waals surface area contributed by atoms with Crippen LogP contribution >= 0.6 is 0 Å². The van der Waals surface area contributed by atoms with Crippen LogP contribution in [-0.4, -0.2) is 69.8 Å². The first kappa shape index (κ1) is 25.2. The van der Waals surface area contributed by atoms with E-state index >= 15 is 0 Å². The zero-order valence-corrected chi connectivity index (χ0v) is 20.3. The lowest BCUT2D eigenvalue weighted by Gasteiger charge is -2.28. The number of methoxy groups -OCH3 is 2. The van der Waals surface area contributed by atoms with Crippen LogP contribution in [0.15, 0.2) is 29.5 Å². The van der Waals surface area contributed by atoms with Crippen molar-refractivity contribution < 1.29 is 33.7 Å². The molecular weight excluding hydrogens is 432 g/mol. The minimum absolute atomic E-state index is 0.133. The third kappa shape index (κ3) is 7.01. The van der Waals surface area contributed by atoms with Gasteiger partial charge in [-0.05, 0) is 18.2 Å². The van der Waals surface area contributed by atoms with Crippen LogP contribution in [0.5, 0.6) is 11.5 Å². The summed E-state index contributed by atoms with van der Waals surface area (Å²) in [7, 11) is 1.72. The number of hydrogen-bond acceptors (Lipinski definition) is 7. The van der Waals surface area contributed by atoms with Crippen LogP contribution in [0.25, 0.3) is 0 Å². The number of nitrogens with one attached hydrogen (secondary N) is 1. The lowest BCUT2D eigenvalue weighted by molar-refractivity contribution is -0.143. The van der Waals surface area contributed by atoms with E-state index in [1.165, 1.54) is 12.0 Å². The molecule has 32 heavy (non-hydrogen) atoms. The first-order chi connectivity index (χ1) is 15.1. The summed E-state index contributed by atoms with van der Waals surface area (Å²) in [4.78, 5) is 38.8. The van der Waals surface area contributed by atoms with E-state index in [9.17, 15) is 19.5 Å². The van der Waals surface area contributed by atoms with Gasteiger partial charge in [-0.25, -0.2) is 0 Å². The van der Waals surface area contributed by atoms with Gasteiger partial charge >= 0.3 is 5.97 Å². The van der Waals surface area contributed by atoms with Crippen molar-refractivity contribution in [2.45, 2.75) is 38.7 Å². The zero-order valence-electron chi connectivity index (χ0n) is 19.3. The first-order valence-electron chi connectivity index (χ1n) is 10.4. The molecule has 1 heterocycles. The van der Waals surface area contributed by atoms with Crippen molar-refractivity contribution >= 4 is 25.9 Å². The highest BCUT2D eigenvalue weighted by Gasteiger charge is 2.32. The van der Waals surface area contributed by atoms with E-state index in [4.69, 9.17) is 14.2 Å². The molecule has 0 aliphatic carbocycles. The number of amides is 2. The van der Waals surface area contributed by atoms with Crippen molar-refractivity contribution in [2.24, 2.45) is 0 Å². The minimum atomic E-state index is -1.34. The molecule has 0 atom stereocenters. The molecule has 1 aliphatic heterocycles. The molecule has 0 saturated carbocycles. The van der Waals surface area contributed by atoms with Gasteiger partial charge in [0.1, 0.15) is 29.4 Å². The van der Waals surface area contributed by atoms with Gasteiger partial charge < -0.3 is 29.5 Å². The molecule has 2 rings (SSSR count). The molecule has 0 spiro atoms.